The molecule has 4 atom stereocenters. The molecule has 1 N–H and O–H groups in total. The summed E-state index contributed by atoms with van der Waals surface area (Å²) in [6, 6.07) is 0. The Morgan fingerprint density at radius 2 is 2.29 bits per heavy atom. The van der Waals surface area contributed by atoms with Crippen molar-refractivity contribution in [1.82, 2.24) is 0 Å². The summed E-state index contributed by atoms with van der Waals surface area (Å²) in [5.74, 6) is 0.360. The Hall–Kier alpha value is -0.600. The molecule has 0 aromatic rings. The van der Waals surface area contributed by atoms with Crippen LogP contribution >= 0.6 is 0 Å². The number of allylic oxidation sites excluding steroid dienone is 1. The number of ether oxygens (including phenoxy) is 1. The second kappa shape index (κ2) is 2.71. The molecule has 0 bridgehead atoms. The summed E-state index contributed by atoms with van der Waals surface area (Å²) >= 11 is 0. The Morgan fingerprint density at radius 3 is 2.79 bits per heavy atom. The summed E-state index contributed by atoms with van der Waals surface area (Å²) in [7, 11) is 0. The smallest absolute Gasteiger partial charge is 0.124 e. The maximum atomic E-state index is 10.4. The predicted molar refractivity (Wildman–Crippen MR) is 56.0 cm³/mol. The SMILES string of the molecule is C=C[C@]1(O)C[C@H](C(=C)C)C[C@H]2O[C@]21C. The molecule has 2 fully saturated rings. The van der Waals surface area contributed by atoms with E-state index in [2.05, 4.69) is 13.2 Å². The van der Waals surface area contributed by atoms with Crippen molar-refractivity contribution < 1.29 is 9.84 Å². The minimum atomic E-state index is -0.875. The molecule has 0 unspecified atom stereocenters. The van der Waals surface area contributed by atoms with Crippen LogP contribution in [0, 0.1) is 5.92 Å². The second-order valence-electron chi connectivity index (χ2n) is 4.83. The highest BCUT2D eigenvalue weighted by Gasteiger charge is 2.67. The van der Waals surface area contributed by atoms with Crippen LogP contribution < -0.4 is 0 Å². The highest BCUT2D eigenvalue weighted by atomic mass is 16.6. The first-order valence-corrected chi connectivity index (χ1v) is 5.12. The third-order valence-electron chi connectivity index (χ3n) is 3.89. The fourth-order valence-electron chi connectivity index (χ4n) is 2.50. The number of aliphatic hydroxyl groups is 1. The van der Waals surface area contributed by atoms with Gasteiger partial charge in [0.25, 0.3) is 0 Å². The van der Waals surface area contributed by atoms with Crippen molar-refractivity contribution in [3.63, 3.8) is 0 Å². The van der Waals surface area contributed by atoms with E-state index < -0.39 is 5.60 Å². The lowest BCUT2D eigenvalue weighted by molar-refractivity contribution is -0.00830. The van der Waals surface area contributed by atoms with Crippen LogP contribution in [-0.4, -0.2) is 22.4 Å². The van der Waals surface area contributed by atoms with Crippen LogP contribution in [0.4, 0.5) is 0 Å². The van der Waals surface area contributed by atoms with E-state index >= 15 is 0 Å². The molecular formula is C12H18O2. The highest BCUT2D eigenvalue weighted by Crippen LogP contribution is 2.56. The molecule has 1 saturated heterocycles. The lowest BCUT2D eigenvalue weighted by atomic mass is 9.70. The molecule has 2 heteroatoms. The zero-order valence-electron chi connectivity index (χ0n) is 8.92. The molecule has 1 aliphatic heterocycles. The van der Waals surface area contributed by atoms with E-state index in [9.17, 15) is 5.11 Å². The molecule has 0 amide bonds. The van der Waals surface area contributed by atoms with Gasteiger partial charge in [0.05, 0.1) is 6.10 Å². The van der Waals surface area contributed by atoms with Gasteiger partial charge in [-0.15, -0.1) is 6.58 Å². The monoisotopic (exact) mass is 194 g/mol. The summed E-state index contributed by atoms with van der Waals surface area (Å²) in [5.41, 5.74) is -0.136. The van der Waals surface area contributed by atoms with Crippen molar-refractivity contribution in [2.45, 2.75) is 44.0 Å². The van der Waals surface area contributed by atoms with Gasteiger partial charge < -0.3 is 9.84 Å². The standard InChI is InChI=1S/C12H18O2/c1-5-12(13)7-9(8(2)3)6-10-11(12,4)14-10/h5,9-10,13H,1-2,6-7H2,3-4H3/t9-,10-,11-,12+/m1/s1. The van der Waals surface area contributed by atoms with E-state index in [1.807, 2.05) is 13.8 Å². The Labute approximate surface area is 85.3 Å². The van der Waals surface area contributed by atoms with Gasteiger partial charge in [0.2, 0.25) is 0 Å². The van der Waals surface area contributed by atoms with Gasteiger partial charge in [-0.25, -0.2) is 0 Å². The summed E-state index contributed by atoms with van der Waals surface area (Å²) < 4.78 is 5.59. The molecular weight excluding hydrogens is 176 g/mol. The lowest BCUT2D eigenvalue weighted by Gasteiger charge is -2.37. The minimum absolute atomic E-state index is 0.181. The zero-order valence-corrected chi connectivity index (χ0v) is 8.92. The fourth-order valence-corrected chi connectivity index (χ4v) is 2.50. The number of hydrogen-bond donors (Lipinski definition) is 1. The molecule has 2 aliphatic rings. The van der Waals surface area contributed by atoms with Gasteiger partial charge in [-0.05, 0) is 32.6 Å². The first-order valence-electron chi connectivity index (χ1n) is 5.12. The van der Waals surface area contributed by atoms with Gasteiger partial charge in [0, 0.05) is 0 Å². The maximum Gasteiger partial charge on any atom is 0.124 e. The number of epoxide rings is 1. The highest BCUT2D eigenvalue weighted by molar-refractivity contribution is 5.25. The van der Waals surface area contributed by atoms with Crippen LogP contribution in [0.25, 0.3) is 0 Å². The van der Waals surface area contributed by atoms with Crippen LogP contribution in [-0.2, 0) is 4.74 Å². The second-order valence-corrected chi connectivity index (χ2v) is 4.83. The van der Waals surface area contributed by atoms with Crippen LogP contribution in [0.5, 0.6) is 0 Å². The van der Waals surface area contributed by atoms with E-state index in [0.29, 0.717) is 12.3 Å². The average molecular weight is 194 g/mol. The quantitative estimate of drug-likeness (QED) is 0.539. The third kappa shape index (κ3) is 1.11. The molecule has 0 radical (unpaired) electrons. The number of fused-ring (bicyclic) bond motifs is 1. The Kier molecular flexibility index (Phi) is 1.92. The summed E-state index contributed by atoms with van der Waals surface area (Å²) in [4.78, 5) is 0. The number of rotatable bonds is 2. The normalized spacial score (nSPS) is 50.8. The van der Waals surface area contributed by atoms with Gasteiger partial charge in [0.1, 0.15) is 11.2 Å². The molecule has 2 nitrogen and oxygen atoms in total. The fraction of sp³-hybridized carbons (Fsp3) is 0.667. The van der Waals surface area contributed by atoms with Crippen molar-refractivity contribution >= 4 is 0 Å². The topological polar surface area (TPSA) is 32.8 Å². The predicted octanol–water partition coefficient (Wildman–Crippen LogP) is 2.05. The Balaban J connectivity index is 2.24. The van der Waals surface area contributed by atoms with Crippen molar-refractivity contribution in [1.29, 1.82) is 0 Å². The summed E-state index contributed by atoms with van der Waals surface area (Å²) in [6.07, 6.45) is 3.49. The lowest BCUT2D eigenvalue weighted by Crippen LogP contribution is -2.48. The molecule has 0 aromatic heterocycles. The molecule has 1 saturated carbocycles. The largest absolute Gasteiger partial charge is 0.383 e. The van der Waals surface area contributed by atoms with Crippen LogP contribution in [0.2, 0.25) is 0 Å². The molecule has 0 aromatic carbocycles. The van der Waals surface area contributed by atoms with Crippen LogP contribution in [0.1, 0.15) is 26.7 Å². The Morgan fingerprint density at radius 1 is 1.64 bits per heavy atom. The molecule has 2 rings (SSSR count). The van der Waals surface area contributed by atoms with E-state index in [1.165, 1.54) is 0 Å². The summed E-state index contributed by atoms with van der Waals surface area (Å²) in [6.45, 7) is 11.6. The van der Waals surface area contributed by atoms with Crippen LogP contribution in [0.3, 0.4) is 0 Å². The third-order valence-corrected chi connectivity index (χ3v) is 3.89. The van der Waals surface area contributed by atoms with Crippen molar-refractivity contribution in [3.8, 4) is 0 Å². The summed E-state index contributed by atoms with van der Waals surface area (Å²) in [5, 5.41) is 10.4. The van der Waals surface area contributed by atoms with E-state index in [0.717, 1.165) is 12.0 Å². The average Bonchev–Trinajstić information content (AvgIpc) is 2.78. The first kappa shape index (κ1) is 9.94. The first-order chi connectivity index (χ1) is 6.43. The molecule has 1 aliphatic carbocycles. The van der Waals surface area contributed by atoms with Crippen molar-refractivity contribution in [2.75, 3.05) is 0 Å². The zero-order chi connectivity index (χ0) is 10.6. The molecule has 78 valence electrons. The minimum Gasteiger partial charge on any atom is -0.383 e. The van der Waals surface area contributed by atoms with E-state index in [-0.39, 0.29) is 11.7 Å². The van der Waals surface area contributed by atoms with Crippen molar-refractivity contribution in [3.05, 3.63) is 24.8 Å². The van der Waals surface area contributed by atoms with Gasteiger partial charge in [-0.1, -0.05) is 18.2 Å². The van der Waals surface area contributed by atoms with Gasteiger partial charge in [-0.3, -0.25) is 0 Å². The molecule has 0 spiro atoms. The van der Waals surface area contributed by atoms with Gasteiger partial charge >= 0.3 is 0 Å². The maximum absolute atomic E-state index is 10.4. The van der Waals surface area contributed by atoms with Crippen molar-refractivity contribution in [2.24, 2.45) is 5.92 Å². The van der Waals surface area contributed by atoms with Crippen LogP contribution in [0.15, 0.2) is 24.8 Å². The van der Waals surface area contributed by atoms with E-state index in [4.69, 9.17) is 4.74 Å². The van der Waals surface area contributed by atoms with E-state index in [1.54, 1.807) is 6.08 Å². The van der Waals surface area contributed by atoms with Gasteiger partial charge in [-0.2, -0.15) is 0 Å². The number of hydrogen-bond acceptors (Lipinski definition) is 2. The molecule has 14 heavy (non-hydrogen) atoms. The Bertz CT molecular complexity index is 297. The molecule has 1 heterocycles. The van der Waals surface area contributed by atoms with Gasteiger partial charge in [0.15, 0.2) is 0 Å².